The third kappa shape index (κ3) is 3.47. The normalized spacial score (nSPS) is 11.1. The van der Waals surface area contributed by atoms with Gasteiger partial charge in [0.25, 0.3) is 0 Å². The van der Waals surface area contributed by atoms with E-state index in [4.69, 9.17) is 0 Å². The maximum absolute atomic E-state index is 4.62. The van der Waals surface area contributed by atoms with E-state index >= 15 is 0 Å². The topological polar surface area (TPSA) is 53.6 Å². The summed E-state index contributed by atoms with van der Waals surface area (Å²) in [6, 6.07) is 12.4. The van der Waals surface area contributed by atoms with Crippen molar-refractivity contribution in [3.05, 3.63) is 59.7 Å². The third-order valence-corrected chi connectivity index (χ3v) is 3.57. The second-order valence-corrected chi connectivity index (χ2v) is 5.14. The van der Waals surface area contributed by atoms with Gasteiger partial charge in [-0.25, -0.2) is 4.98 Å². The molecule has 4 nitrogen and oxygen atoms in total. The van der Waals surface area contributed by atoms with Crippen molar-refractivity contribution in [1.29, 1.82) is 0 Å². The molecule has 0 radical (unpaired) electrons. The van der Waals surface area contributed by atoms with Crippen LogP contribution in [0.25, 0.3) is 11.0 Å². The zero-order chi connectivity index (χ0) is 14.5. The number of nitrogens with zero attached hydrogens (tertiary/aromatic N) is 2. The lowest BCUT2D eigenvalue weighted by atomic mass is 10.1. The molecule has 3 aromatic rings. The highest BCUT2D eigenvalue weighted by atomic mass is 14.9. The van der Waals surface area contributed by atoms with Crippen molar-refractivity contribution in [3.8, 4) is 0 Å². The lowest BCUT2D eigenvalue weighted by molar-refractivity contribution is 0.664. The molecule has 4 heteroatoms. The molecule has 3 rings (SSSR count). The summed E-state index contributed by atoms with van der Waals surface area (Å²) < 4.78 is 0. The summed E-state index contributed by atoms with van der Waals surface area (Å²) in [5.41, 5.74) is 4.58. The van der Waals surface area contributed by atoms with Gasteiger partial charge >= 0.3 is 0 Å². The number of rotatable bonds is 6. The molecule has 2 aromatic heterocycles. The van der Waals surface area contributed by atoms with E-state index in [0.29, 0.717) is 0 Å². The van der Waals surface area contributed by atoms with Gasteiger partial charge in [-0.05, 0) is 36.2 Å². The summed E-state index contributed by atoms with van der Waals surface area (Å²) in [7, 11) is 0. The van der Waals surface area contributed by atoms with Crippen molar-refractivity contribution in [3.63, 3.8) is 0 Å². The number of fused-ring (bicyclic) bond motifs is 1. The second-order valence-electron chi connectivity index (χ2n) is 5.14. The predicted molar refractivity (Wildman–Crippen MR) is 85.1 cm³/mol. The Labute approximate surface area is 124 Å². The minimum absolute atomic E-state index is 0.793. The molecule has 0 fully saturated rings. The first-order chi connectivity index (χ1) is 10.3. The van der Waals surface area contributed by atoms with Crippen molar-refractivity contribution < 1.29 is 0 Å². The van der Waals surface area contributed by atoms with E-state index in [1.165, 1.54) is 5.56 Å². The number of hydrogen-bond acceptors (Lipinski definition) is 3. The quantitative estimate of drug-likeness (QED) is 0.683. The summed E-state index contributed by atoms with van der Waals surface area (Å²) in [5.74, 6) is 1.03. The Morgan fingerprint density at radius 3 is 2.95 bits per heavy atom. The summed E-state index contributed by atoms with van der Waals surface area (Å²) >= 11 is 0. The predicted octanol–water partition coefficient (Wildman–Crippen LogP) is 2.85. The van der Waals surface area contributed by atoms with Crippen LogP contribution in [0.2, 0.25) is 0 Å². The van der Waals surface area contributed by atoms with Gasteiger partial charge in [0.1, 0.15) is 5.82 Å². The van der Waals surface area contributed by atoms with Crippen LogP contribution in [-0.2, 0) is 19.4 Å². The zero-order valence-corrected chi connectivity index (χ0v) is 12.3. The van der Waals surface area contributed by atoms with Crippen LogP contribution in [0.4, 0.5) is 0 Å². The molecule has 0 saturated carbocycles. The van der Waals surface area contributed by atoms with E-state index in [-0.39, 0.29) is 0 Å². The third-order valence-electron chi connectivity index (χ3n) is 3.57. The van der Waals surface area contributed by atoms with Gasteiger partial charge < -0.3 is 10.3 Å². The van der Waals surface area contributed by atoms with Gasteiger partial charge in [0.15, 0.2) is 0 Å². The van der Waals surface area contributed by atoms with Crippen LogP contribution in [0.15, 0.2) is 42.6 Å². The highest BCUT2D eigenvalue weighted by Gasteiger charge is 2.03. The number of aromatic amines is 1. The fourth-order valence-electron chi connectivity index (χ4n) is 2.37. The standard InChI is InChI=1S/C17H20N4/c1-2-13-6-7-15-16(11-13)21-17(20-15)8-10-18-12-14-5-3-4-9-19-14/h3-7,9,11,18H,2,8,10,12H2,1H3,(H,20,21). The number of imidazole rings is 1. The number of benzene rings is 1. The summed E-state index contributed by atoms with van der Waals surface area (Å²) in [4.78, 5) is 12.3. The molecular formula is C17H20N4. The first kappa shape index (κ1) is 13.8. The van der Waals surface area contributed by atoms with Gasteiger partial charge in [0, 0.05) is 25.7 Å². The van der Waals surface area contributed by atoms with Crippen LogP contribution in [0.3, 0.4) is 0 Å². The molecule has 0 saturated heterocycles. The van der Waals surface area contributed by atoms with E-state index < -0.39 is 0 Å². The maximum Gasteiger partial charge on any atom is 0.108 e. The van der Waals surface area contributed by atoms with Gasteiger partial charge in [-0.3, -0.25) is 4.98 Å². The van der Waals surface area contributed by atoms with Crippen molar-refractivity contribution in [2.45, 2.75) is 26.3 Å². The van der Waals surface area contributed by atoms with E-state index in [9.17, 15) is 0 Å². The second kappa shape index (κ2) is 6.50. The largest absolute Gasteiger partial charge is 0.342 e. The van der Waals surface area contributed by atoms with E-state index in [2.05, 4.69) is 45.4 Å². The summed E-state index contributed by atoms with van der Waals surface area (Å²) in [5, 5.41) is 3.39. The number of hydrogen-bond donors (Lipinski definition) is 2. The summed E-state index contributed by atoms with van der Waals surface area (Å²) in [6.45, 7) is 3.85. The van der Waals surface area contributed by atoms with Crippen LogP contribution >= 0.6 is 0 Å². The highest BCUT2D eigenvalue weighted by molar-refractivity contribution is 5.75. The smallest absolute Gasteiger partial charge is 0.108 e. The van der Waals surface area contributed by atoms with E-state index in [1.54, 1.807) is 0 Å². The number of aryl methyl sites for hydroxylation is 1. The fraction of sp³-hybridized carbons (Fsp3) is 0.294. The lowest BCUT2D eigenvalue weighted by Crippen LogP contribution is -2.17. The number of H-pyrrole nitrogens is 1. The molecule has 0 aliphatic rings. The molecule has 2 heterocycles. The number of nitrogens with one attached hydrogen (secondary N) is 2. The molecule has 0 unspecified atom stereocenters. The van der Waals surface area contributed by atoms with Gasteiger partial charge in [-0.1, -0.05) is 19.1 Å². The molecule has 0 bridgehead atoms. The van der Waals surface area contributed by atoms with Crippen molar-refractivity contribution in [2.24, 2.45) is 0 Å². The minimum atomic E-state index is 0.793. The molecule has 0 aliphatic carbocycles. The molecular weight excluding hydrogens is 260 g/mol. The van der Waals surface area contributed by atoms with E-state index in [1.807, 2.05) is 24.4 Å². The Morgan fingerprint density at radius 1 is 1.19 bits per heavy atom. The zero-order valence-electron chi connectivity index (χ0n) is 12.3. The average molecular weight is 280 g/mol. The Morgan fingerprint density at radius 2 is 2.14 bits per heavy atom. The monoisotopic (exact) mass is 280 g/mol. The Hall–Kier alpha value is -2.20. The van der Waals surface area contributed by atoms with E-state index in [0.717, 1.165) is 48.5 Å². The van der Waals surface area contributed by atoms with Crippen molar-refractivity contribution in [2.75, 3.05) is 6.54 Å². The van der Waals surface area contributed by atoms with Gasteiger partial charge in [-0.15, -0.1) is 0 Å². The Kier molecular flexibility index (Phi) is 4.26. The van der Waals surface area contributed by atoms with Crippen molar-refractivity contribution in [1.82, 2.24) is 20.3 Å². The van der Waals surface area contributed by atoms with Crippen LogP contribution in [0, 0.1) is 0 Å². The molecule has 2 N–H and O–H groups in total. The fourth-order valence-corrected chi connectivity index (χ4v) is 2.37. The number of pyridine rings is 1. The van der Waals surface area contributed by atoms with Crippen LogP contribution in [0.5, 0.6) is 0 Å². The van der Waals surface area contributed by atoms with Gasteiger partial charge in [-0.2, -0.15) is 0 Å². The highest BCUT2D eigenvalue weighted by Crippen LogP contribution is 2.14. The molecule has 108 valence electrons. The molecule has 0 spiro atoms. The SMILES string of the molecule is CCc1ccc2nc(CCNCc3ccccn3)[nH]c2c1. The number of aromatic nitrogens is 3. The molecule has 0 aliphatic heterocycles. The Balaban J connectivity index is 1.55. The maximum atomic E-state index is 4.62. The van der Waals surface area contributed by atoms with Gasteiger partial charge in [0.2, 0.25) is 0 Å². The minimum Gasteiger partial charge on any atom is -0.342 e. The Bertz CT molecular complexity index is 703. The van der Waals surface area contributed by atoms with Crippen LogP contribution in [0.1, 0.15) is 24.0 Å². The molecule has 1 aromatic carbocycles. The summed E-state index contributed by atoms with van der Waals surface area (Å²) in [6.07, 6.45) is 3.76. The lowest BCUT2D eigenvalue weighted by Gasteiger charge is -2.02. The van der Waals surface area contributed by atoms with Crippen LogP contribution in [-0.4, -0.2) is 21.5 Å². The molecule has 21 heavy (non-hydrogen) atoms. The molecule has 0 amide bonds. The van der Waals surface area contributed by atoms with Crippen LogP contribution < -0.4 is 5.32 Å². The first-order valence-corrected chi connectivity index (χ1v) is 7.43. The molecule has 0 atom stereocenters. The average Bonchev–Trinajstić information content (AvgIpc) is 2.94. The first-order valence-electron chi connectivity index (χ1n) is 7.43. The van der Waals surface area contributed by atoms with Crippen molar-refractivity contribution >= 4 is 11.0 Å². The van der Waals surface area contributed by atoms with Gasteiger partial charge in [0.05, 0.1) is 16.7 Å².